The van der Waals surface area contributed by atoms with E-state index >= 15 is 0 Å². The van der Waals surface area contributed by atoms with Crippen molar-refractivity contribution in [3.05, 3.63) is 35.4 Å². The summed E-state index contributed by atoms with van der Waals surface area (Å²) >= 11 is 0. The molecule has 1 aliphatic rings. The van der Waals surface area contributed by atoms with Crippen LogP contribution < -0.4 is 5.73 Å². The van der Waals surface area contributed by atoms with Gasteiger partial charge in [0, 0.05) is 0 Å². The summed E-state index contributed by atoms with van der Waals surface area (Å²) in [5.41, 5.74) is 5.10. The van der Waals surface area contributed by atoms with Crippen molar-refractivity contribution in [3.8, 4) is 0 Å². The lowest BCUT2D eigenvalue weighted by Crippen LogP contribution is -2.30. The molecule has 2 N–H and O–H groups in total. The van der Waals surface area contributed by atoms with E-state index < -0.39 is 11.7 Å². The highest BCUT2D eigenvalue weighted by atomic mass is 16.7. The quantitative estimate of drug-likeness (QED) is 0.862. The van der Waals surface area contributed by atoms with Crippen LogP contribution in [0.2, 0.25) is 0 Å². The van der Waals surface area contributed by atoms with Crippen LogP contribution in [0.3, 0.4) is 0 Å². The van der Waals surface area contributed by atoms with Gasteiger partial charge >= 0.3 is 6.09 Å². The van der Waals surface area contributed by atoms with Crippen LogP contribution in [0, 0.1) is 0 Å². The van der Waals surface area contributed by atoms with Crippen molar-refractivity contribution < 1.29 is 24.0 Å². The molecule has 7 nitrogen and oxygen atoms in total. The minimum absolute atomic E-state index is 0.367. The Balaban J connectivity index is 0.000000284. The van der Waals surface area contributed by atoms with E-state index in [0.717, 1.165) is 11.5 Å². The fraction of sp³-hybridized carbons (Fsp3) is 0.438. The van der Waals surface area contributed by atoms with Crippen molar-refractivity contribution in [2.24, 2.45) is 5.73 Å². The first-order valence-electron chi connectivity index (χ1n) is 7.26. The first-order valence-corrected chi connectivity index (χ1v) is 7.26. The second-order valence-corrected chi connectivity index (χ2v) is 5.82. The van der Waals surface area contributed by atoms with Gasteiger partial charge in [-0.3, -0.25) is 14.4 Å². The van der Waals surface area contributed by atoms with Gasteiger partial charge in [0.1, 0.15) is 5.60 Å². The van der Waals surface area contributed by atoms with Crippen LogP contribution in [0.1, 0.15) is 54.8 Å². The topological polar surface area (TPSA) is 98.9 Å². The van der Waals surface area contributed by atoms with Crippen LogP contribution in [0.15, 0.2) is 24.3 Å². The third kappa shape index (κ3) is 5.37. The summed E-state index contributed by atoms with van der Waals surface area (Å²) < 4.78 is 4.58. The largest absolute Gasteiger partial charge is 0.444 e. The number of hydroxylamine groups is 2. The molecule has 1 aromatic rings. The Morgan fingerprint density at radius 1 is 1.13 bits per heavy atom. The SMILES string of the molecule is CC(C)(C)OC(N)=O.CCCON1C(=O)c2ccccc2C1=O. The highest BCUT2D eigenvalue weighted by Gasteiger charge is 2.36. The summed E-state index contributed by atoms with van der Waals surface area (Å²) in [6, 6.07) is 6.72. The first kappa shape index (κ1) is 18.6. The van der Waals surface area contributed by atoms with Gasteiger partial charge in [-0.15, -0.1) is 5.06 Å². The summed E-state index contributed by atoms with van der Waals surface area (Å²) in [4.78, 5) is 38.5. The zero-order valence-corrected chi connectivity index (χ0v) is 13.8. The Morgan fingerprint density at radius 2 is 1.61 bits per heavy atom. The second kappa shape index (κ2) is 7.73. The summed E-state index contributed by atoms with van der Waals surface area (Å²) in [5, 5.41) is 0.841. The highest BCUT2D eigenvalue weighted by molar-refractivity contribution is 6.20. The molecule has 1 aliphatic heterocycles. The van der Waals surface area contributed by atoms with Gasteiger partial charge in [0.2, 0.25) is 0 Å². The number of amides is 3. The Hall–Kier alpha value is -2.41. The van der Waals surface area contributed by atoms with Gasteiger partial charge < -0.3 is 10.5 Å². The average Bonchev–Trinajstić information content (AvgIpc) is 2.68. The van der Waals surface area contributed by atoms with Crippen molar-refractivity contribution in [1.82, 2.24) is 5.06 Å². The lowest BCUT2D eigenvalue weighted by molar-refractivity contribution is -0.0909. The Kier molecular flexibility index (Phi) is 6.27. The number of carbonyl (C=O) groups excluding carboxylic acids is 3. The number of hydrogen-bond acceptors (Lipinski definition) is 5. The molecule has 0 unspecified atom stereocenters. The van der Waals surface area contributed by atoms with E-state index in [1.807, 2.05) is 6.92 Å². The molecule has 0 spiro atoms. The highest BCUT2D eigenvalue weighted by Crippen LogP contribution is 2.22. The second-order valence-electron chi connectivity index (χ2n) is 5.82. The molecule has 0 fully saturated rings. The number of imide groups is 1. The fourth-order valence-electron chi connectivity index (χ4n) is 1.77. The molecule has 3 amide bonds. The molecular formula is C16H22N2O5. The van der Waals surface area contributed by atoms with E-state index in [9.17, 15) is 14.4 Å². The molecule has 7 heteroatoms. The van der Waals surface area contributed by atoms with Gasteiger partial charge in [0.05, 0.1) is 17.7 Å². The van der Waals surface area contributed by atoms with Crippen LogP contribution in [0.4, 0.5) is 4.79 Å². The molecule has 23 heavy (non-hydrogen) atoms. The van der Waals surface area contributed by atoms with Crippen molar-refractivity contribution in [2.75, 3.05) is 6.61 Å². The third-order valence-corrected chi connectivity index (χ3v) is 2.59. The van der Waals surface area contributed by atoms with E-state index in [4.69, 9.17) is 10.6 Å². The molecule has 0 aromatic heterocycles. The molecule has 0 radical (unpaired) electrons. The maximum atomic E-state index is 11.7. The smallest absolute Gasteiger partial charge is 0.405 e. The van der Waals surface area contributed by atoms with E-state index in [2.05, 4.69) is 4.74 Å². The van der Waals surface area contributed by atoms with Crippen molar-refractivity contribution in [2.45, 2.75) is 39.7 Å². The van der Waals surface area contributed by atoms with Gasteiger partial charge in [0.15, 0.2) is 0 Å². The summed E-state index contributed by atoms with van der Waals surface area (Å²) in [7, 11) is 0. The molecule has 1 aromatic carbocycles. The van der Waals surface area contributed by atoms with Crippen molar-refractivity contribution in [3.63, 3.8) is 0 Å². The Morgan fingerprint density at radius 3 is 1.91 bits per heavy atom. The molecule has 0 bridgehead atoms. The number of carbonyl (C=O) groups is 3. The number of benzene rings is 1. The van der Waals surface area contributed by atoms with Crippen molar-refractivity contribution in [1.29, 1.82) is 0 Å². The minimum atomic E-state index is -0.725. The maximum Gasteiger partial charge on any atom is 0.405 e. The van der Waals surface area contributed by atoms with Gasteiger partial charge in [-0.2, -0.15) is 0 Å². The lowest BCUT2D eigenvalue weighted by Gasteiger charge is -2.16. The zero-order valence-electron chi connectivity index (χ0n) is 13.8. The average molecular weight is 322 g/mol. The monoisotopic (exact) mass is 322 g/mol. The number of rotatable bonds is 3. The van der Waals surface area contributed by atoms with Crippen LogP contribution in [0.25, 0.3) is 0 Å². The summed E-state index contributed by atoms with van der Waals surface area (Å²) in [6.45, 7) is 7.57. The normalized spacial score (nSPS) is 13.3. The van der Waals surface area contributed by atoms with E-state index in [1.54, 1.807) is 45.0 Å². The number of ether oxygens (including phenoxy) is 1. The zero-order chi connectivity index (χ0) is 17.6. The molecule has 0 atom stereocenters. The molecule has 1 heterocycles. The van der Waals surface area contributed by atoms with E-state index in [-0.39, 0.29) is 11.8 Å². The van der Waals surface area contributed by atoms with Gasteiger partial charge in [-0.25, -0.2) is 4.79 Å². The van der Waals surface area contributed by atoms with Gasteiger partial charge in [0.25, 0.3) is 11.8 Å². The van der Waals surface area contributed by atoms with Gasteiger partial charge in [-0.05, 0) is 39.3 Å². The van der Waals surface area contributed by atoms with Crippen LogP contribution in [-0.2, 0) is 9.57 Å². The molecule has 0 saturated heterocycles. The molecular weight excluding hydrogens is 300 g/mol. The van der Waals surface area contributed by atoms with E-state index in [1.165, 1.54) is 0 Å². The molecule has 126 valence electrons. The first-order chi connectivity index (χ1) is 10.7. The minimum Gasteiger partial charge on any atom is -0.444 e. The predicted molar refractivity (Wildman–Crippen MR) is 83.6 cm³/mol. The van der Waals surface area contributed by atoms with Crippen LogP contribution in [-0.4, -0.2) is 35.2 Å². The van der Waals surface area contributed by atoms with Crippen LogP contribution in [0.5, 0.6) is 0 Å². The number of hydrogen-bond donors (Lipinski definition) is 1. The van der Waals surface area contributed by atoms with Crippen molar-refractivity contribution >= 4 is 17.9 Å². The summed E-state index contributed by atoms with van der Waals surface area (Å²) in [5.74, 6) is -0.742. The Labute approximate surface area is 135 Å². The number of primary amides is 1. The third-order valence-electron chi connectivity index (χ3n) is 2.59. The lowest BCUT2D eigenvalue weighted by atomic mass is 10.1. The predicted octanol–water partition coefficient (Wildman–Crippen LogP) is 2.50. The molecule has 0 saturated carbocycles. The fourth-order valence-corrected chi connectivity index (χ4v) is 1.77. The van der Waals surface area contributed by atoms with Crippen LogP contribution >= 0.6 is 0 Å². The Bertz CT molecular complexity index is 557. The van der Waals surface area contributed by atoms with Gasteiger partial charge in [-0.1, -0.05) is 19.1 Å². The number of fused-ring (bicyclic) bond motifs is 1. The number of nitrogens with two attached hydrogens (primary N) is 1. The molecule has 2 rings (SSSR count). The summed E-state index contributed by atoms with van der Waals surface area (Å²) in [6.07, 6.45) is 0.0328. The van der Waals surface area contributed by atoms with E-state index in [0.29, 0.717) is 17.7 Å². The molecule has 0 aliphatic carbocycles. The standard InChI is InChI=1S/C11H11NO3.C5H11NO2/c1-2-7-15-12-10(13)8-5-3-4-6-9(8)11(12)14;1-5(2,3)8-4(6)7/h3-6H,2,7H2,1H3;1-3H3,(H2,6,7). The maximum absolute atomic E-state index is 11.7. The number of nitrogens with zero attached hydrogens (tertiary/aromatic N) is 1.